The Morgan fingerprint density at radius 3 is 2.10 bits per heavy atom. The van der Waals surface area contributed by atoms with Gasteiger partial charge < -0.3 is 5.32 Å². The second kappa shape index (κ2) is 9.09. The number of amides is 1. The third-order valence-electron chi connectivity index (χ3n) is 4.74. The monoisotopic (exact) mass is 426 g/mol. The van der Waals surface area contributed by atoms with Crippen LogP contribution in [0.1, 0.15) is 35.3 Å². The fourth-order valence-corrected chi connectivity index (χ4v) is 4.23. The number of carbonyl (C=O) groups is 1. The summed E-state index contributed by atoms with van der Waals surface area (Å²) < 4.78 is 40.8. The smallest absolute Gasteiger partial charge is 0.261 e. The number of sulfonamides is 1. The van der Waals surface area contributed by atoms with E-state index in [2.05, 4.69) is 10.0 Å². The van der Waals surface area contributed by atoms with Crippen molar-refractivity contribution < 1.29 is 17.6 Å². The highest BCUT2D eigenvalue weighted by molar-refractivity contribution is 7.92. The molecule has 0 unspecified atom stereocenters. The summed E-state index contributed by atoms with van der Waals surface area (Å²) >= 11 is 0. The number of hydrogen-bond acceptors (Lipinski definition) is 3. The third kappa shape index (κ3) is 4.86. The van der Waals surface area contributed by atoms with Crippen LogP contribution in [0.5, 0.6) is 0 Å². The molecule has 30 heavy (non-hydrogen) atoms. The van der Waals surface area contributed by atoms with Crippen molar-refractivity contribution in [3.8, 4) is 0 Å². The summed E-state index contributed by atoms with van der Waals surface area (Å²) in [7, 11) is -3.93. The SMILES string of the molecule is CCc1cccc(CC)c1NC(=O)c1cccc(S(=O)(=O)Nc2ccc(F)cc2)c1. The standard InChI is InChI=1S/C23H23FN2O3S/c1-3-16-7-5-8-17(4-2)22(16)25-23(27)18-9-6-10-21(15-18)30(28,29)26-20-13-11-19(24)12-14-20/h5-15,26H,3-4H2,1-2H3,(H,25,27). The number of benzene rings is 3. The molecule has 0 atom stereocenters. The molecule has 0 saturated heterocycles. The van der Waals surface area contributed by atoms with Crippen LogP contribution < -0.4 is 10.0 Å². The Labute approximate surface area is 176 Å². The highest BCUT2D eigenvalue weighted by Gasteiger charge is 2.18. The van der Waals surface area contributed by atoms with Crippen LogP contribution in [0, 0.1) is 5.82 Å². The first-order chi connectivity index (χ1) is 14.3. The molecule has 3 aromatic carbocycles. The number of halogens is 1. The van der Waals surface area contributed by atoms with E-state index in [1.165, 1.54) is 30.3 Å². The molecule has 0 radical (unpaired) electrons. The van der Waals surface area contributed by atoms with E-state index in [1.54, 1.807) is 6.07 Å². The molecule has 7 heteroatoms. The number of hydrogen-bond donors (Lipinski definition) is 2. The Balaban J connectivity index is 1.86. The van der Waals surface area contributed by atoms with Crippen LogP contribution in [0.2, 0.25) is 0 Å². The normalized spacial score (nSPS) is 11.2. The molecule has 3 rings (SSSR count). The van der Waals surface area contributed by atoms with Gasteiger partial charge in [0.25, 0.3) is 15.9 Å². The molecule has 2 N–H and O–H groups in total. The zero-order valence-electron chi connectivity index (χ0n) is 16.8. The number of anilines is 2. The number of carbonyl (C=O) groups excluding carboxylic acids is 1. The molecule has 3 aromatic rings. The van der Waals surface area contributed by atoms with Gasteiger partial charge in [0.15, 0.2) is 0 Å². The van der Waals surface area contributed by atoms with Crippen molar-refractivity contribution >= 4 is 27.3 Å². The summed E-state index contributed by atoms with van der Waals surface area (Å²) in [4.78, 5) is 12.8. The summed E-state index contributed by atoms with van der Waals surface area (Å²) in [5.41, 5.74) is 3.26. The Hall–Kier alpha value is -3.19. The maximum atomic E-state index is 13.0. The van der Waals surface area contributed by atoms with Crippen molar-refractivity contribution in [2.45, 2.75) is 31.6 Å². The molecule has 156 valence electrons. The van der Waals surface area contributed by atoms with Crippen molar-refractivity contribution in [2.75, 3.05) is 10.0 Å². The molecule has 0 aliphatic rings. The van der Waals surface area contributed by atoms with Crippen LogP contribution in [0.4, 0.5) is 15.8 Å². The van der Waals surface area contributed by atoms with Crippen LogP contribution in [0.3, 0.4) is 0 Å². The molecular weight excluding hydrogens is 403 g/mol. The quantitative estimate of drug-likeness (QED) is 0.558. The Kier molecular flexibility index (Phi) is 6.52. The van der Waals surface area contributed by atoms with Gasteiger partial charge in [-0.25, -0.2) is 12.8 Å². The van der Waals surface area contributed by atoms with Gasteiger partial charge in [-0.15, -0.1) is 0 Å². The molecule has 0 bridgehead atoms. The molecule has 0 spiro atoms. The van der Waals surface area contributed by atoms with E-state index in [1.807, 2.05) is 32.0 Å². The lowest BCUT2D eigenvalue weighted by Gasteiger charge is -2.15. The first-order valence-corrected chi connectivity index (χ1v) is 11.1. The fraction of sp³-hybridized carbons (Fsp3) is 0.174. The van der Waals surface area contributed by atoms with E-state index >= 15 is 0 Å². The Morgan fingerprint density at radius 1 is 0.900 bits per heavy atom. The van der Waals surface area contributed by atoms with Gasteiger partial charge in [0.05, 0.1) is 4.90 Å². The lowest BCUT2D eigenvalue weighted by atomic mass is 10.0. The molecule has 0 fully saturated rings. The van der Waals surface area contributed by atoms with Gasteiger partial charge in [0.2, 0.25) is 0 Å². The van der Waals surface area contributed by atoms with Gasteiger partial charge in [0.1, 0.15) is 5.82 Å². The minimum atomic E-state index is -3.93. The van der Waals surface area contributed by atoms with Crippen molar-refractivity contribution in [1.29, 1.82) is 0 Å². The van der Waals surface area contributed by atoms with Gasteiger partial charge in [-0.3, -0.25) is 9.52 Å². The zero-order valence-corrected chi connectivity index (χ0v) is 17.6. The third-order valence-corrected chi connectivity index (χ3v) is 6.12. The van der Waals surface area contributed by atoms with E-state index in [0.29, 0.717) is 0 Å². The molecular formula is C23H23FN2O3S. The molecule has 0 heterocycles. The fourth-order valence-electron chi connectivity index (χ4n) is 3.13. The van der Waals surface area contributed by atoms with E-state index in [0.717, 1.165) is 41.8 Å². The van der Waals surface area contributed by atoms with E-state index in [9.17, 15) is 17.6 Å². The van der Waals surface area contributed by atoms with Crippen molar-refractivity contribution in [2.24, 2.45) is 0 Å². The Morgan fingerprint density at radius 2 is 1.50 bits per heavy atom. The van der Waals surface area contributed by atoms with E-state index in [-0.39, 0.29) is 22.1 Å². The maximum Gasteiger partial charge on any atom is 0.261 e. The molecule has 0 aromatic heterocycles. The van der Waals surface area contributed by atoms with Crippen LogP contribution in [-0.4, -0.2) is 14.3 Å². The van der Waals surface area contributed by atoms with Gasteiger partial charge in [-0.1, -0.05) is 38.1 Å². The van der Waals surface area contributed by atoms with Crippen LogP contribution >= 0.6 is 0 Å². The number of rotatable bonds is 7. The number of nitrogens with one attached hydrogen (secondary N) is 2. The Bertz CT molecular complexity index is 1140. The second-order valence-electron chi connectivity index (χ2n) is 6.75. The number of aryl methyl sites for hydroxylation is 2. The first-order valence-electron chi connectivity index (χ1n) is 9.64. The van der Waals surface area contributed by atoms with E-state index in [4.69, 9.17) is 0 Å². The first kappa shape index (κ1) is 21.5. The minimum absolute atomic E-state index is 0.0565. The van der Waals surface area contributed by atoms with Crippen molar-refractivity contribution in [1.82, 2.24) is 0 Å². The van der Waals surface area contributed by atoms with Crippen LogP contribution in [0.25, 0.3) is 0 Å². The minimum Gasteiger partial charge on any atom is -0.321 e. The van der Waals surface area contributed by atoms with Crippen molar-refractivity contribution in [3.05, 3.63) is 89.2 Å². The van der Waals surface area contributed by atoms with Gasteiger partial charge >= 0.3 is 0 Å². The maximum absolute atomic E-state index is 13.0. The average Bonchev–Trinajstić information content (AvgIpc) is 2.75. The molecule has 0 saturated carbocycles. The zero-order chi connectivity index (χ0) is 21.7. The largest absolute Gasteiger partial charge is 0.321 e. The summed E-state index contributed by atoms with van der Waals surface area (Å²) in [6.07, 6.45) is 1.53. The number of para-hydroxylation sites is 1. The highest BCUT2D eigenvalue weighted by atomic mass is 32.2. The van der Waals surface area contributed by atoms with E-state index < -0.39 is 15.8 Å². The second-order valence-corrected chi connectivity index (χ2v) is 8.44. The summed E-state index contributed by atoms with van der Waals surface area (Å²) in [5, 5.41) is 2.94. The van der Waals surface area contributed by atoms with Gasteiger partial charge in [-0.05, 0) is 66.4 Å². The van der Waals surface area contributed by atoms with Gasteiger partial charge in [-0.2, -0.15) is 0 Å². The van der Waals surface area contributed by atoms with Crippen molar-refractivity contribution in [3.63, 3.8) is 0 Å². The van der Waals surface area contributed by atoms with Gasteiger partial charge in [0, 0.05) is 16.9 Å². The molecule has 5 nitrogen and oxygen atoms in total. The summed E-state index contributed by atoms with van der Waals surface area (Å²) in [5.74, 6) is -0.847. The lowest BCUT2D eigenvalue weighted by molar-refractivity contribution is 0.102. The average molecular weight is 427 g/mol. The van der Waals surface area contributed by atoms with Crippen LogP contribution in [-0.2, 0) is 22.9 Å². The summed E-state index contributed by atoms with van der Waals surface area (Å²) in [6, 6.07) is 16.7. The highest BCUT2D eigenvalue weighted by Crippen LogP contribution is 2.24. The molecule has 1 amide bonds. The predicted octanol–water partition coefficient (Wildman–Crippen LogP) is 5.00. The lowest BCUT2D eigenvalue weighted by Crippen LogP contribution is -2.17. The summed E-state index contributed by atoms with van der Waals surface area (Å²) in [6.45, 7) is 4.03. The topological polar surface area (TPSA) is 75.3 Å². The molecule has 0 aliphatic heterocycles. The predicted molar refractivity (Wildman–Crippen MR) is 117 cm³/mol. The van der Waals surface area contributed by atoms with Crippen LogP contribution in [0.15, 0.2) is 71.6 Å². The molecule has 0 aliphatic carbocycles.